The minimum atomic E-state index is -2.97. The van der Waals surface area contributed by atoms with Crippen LogP contribution in [0.25, 0.3) is 0 Å². The predicted molar refractivity (Wildman–Crippen MR) is 72.6 cm³/mol. The van der Waals surface area contributed by atoms with Crippen LogP contribution >= 0.6 is 12.4 Å². The van der Waals surface area contributed by atoms with Crippen LogP contribution in [-0.2, 0) is 14.6 Å². The first kappa shape index (κ1) is 15.7. The van der Waals surface area contributed by atoms with Gasteiger partial charge in [-0.1, -0.05) is 6.92 Å². The lowest BCUT2D eigenvalue weighted by atomic mass is 9.94. The van der Waals surface area contributed by atoms with Crippen LogP contribution in [-0.4, -0.2) is 45.0 Å². The molecule has 0 aromatic rings. The topological polar surface area (TPSA) is 75.3 Å². The van der Waals surface area contributed by atoms with Crippen molar-refractivity contribution in [3.8, 4) is 0 Å². The van der Waals surface area contributed by atoms with Gasteiger partial charge in [0.25, 0.3) is 0 Å². The third-order valence-corrected chi connectivity index (χ3v) is 5.53. The van der Waals surface area contributed by atoms with Gasteiger partial charge in [0.2, 0.25) is 5.91 Å². The second-order valence-corrected chi connectivity index (χ2v) is 7.41. The summed E-state index contributed by atoms with van der Waals surface area (Å²) in [5, 5.41) is 6.23. The maximum absolute atomic E-state index is 11.9. The first-order chi connectivity index (χ1) is 7.98. The van der Waals surface area contributed by atoms with Gasteiger partial charge in [-0.2, -0.15) is 0 Å². The molecule has 0 radical (unpaired) electrons. The van der Waals surface area contributed by atoms with E-state index in [1.807, 2.05) is 0 Å². The lowest BCUT2D eigenvalue weighted by molar-refractivity contribution is -0.125. The molecule has 2 aliphatic rings. The number of rotatable bonds is 2. The molecule has 0 bridgehead atoms. The zero-order valence-corrected chi connectivity index (χ0v) is 12.1. The van der Waals surface area contributed by atoms with E-state index in [1.54, 1.807) is 0 Å². The predicted octanol–water partition coefficient (Wildman–Crippen LogP) is -0.0429. The molecule has 3 atom stereocenters. The van der Waals surface area contributed by atoms with Crippen molar-refractivity contribution in [2.24, 2.45) is 11.8 Å². The van der Waals surface area contributed by atoms with E-state index in [2.05, 4.69) is 17.6 Å². The third kappa shape index (κ3) is 3.83. The smallest absolute Gasteiger partial charge is 0.224 e. The molecule has 7 heteroatoms. The molecule has 0 spiro atoms. The Morgan fingerprint density at radius 2 is 2.06 bits per heavy atom. The fraction of sp³-hybridized carbons (Fsp3) is 0.909. The monoisotopic (exact) mass is 296 g/mol. The van der Waals surface area contributed by atoms with Crippen LogP contribution in [0.1, 0.15) is 19.8 Å². The van der Waals surface area contributed by atoms with E-state index in [0.717, 1.165) is 19.5 Å². The standard InChI is InChI=1S/C11H20N2O3S.ClH/c1-8-2-4-12-6-10(8)13-11(14)9-3-5-17(15,16)7-9;/h8-10,12H,2-7H2,1H3,(H,13,14);1H. The molecule has 2 saturated heterocycles. The highest BCUT2D eigenvalue weighted by molar-refractivity contribution is 7.91. The third-order valence-electron chi connectivity index (χ3n) is 3.76. The first-order valence-corrected chi connectivity index (χ1v) is 8.01. The Labute approximate surface area is 114 Å². The SMILES string of the molecule is CC1CCNCC1NC(=O)C1CCS(=O)(=O)C1.Cl. The van der Waals surface area contributed by atoms with E-state index in [4.69, 9.17) is 0 Å². The van der Waals surface area contributed by atoms with Crippen molar-refractivity contribution in [1.29, 1.82) is 0 Å². The Kier molecular flexibility index (Phi) is 5.43. The number of carbonyl (C=O) groups excluding carboxylic acids is 1. The Morgan fingerprint density at radius 1 is 1.33 bits per heavy atom. The van der Waals surface area contributed by atoms with Crippen LogP contribution in [0.3, 0.4) is 0 Å². The van der Waals surface area contributed by atoms with E-state index in [1.165, 1.54) is 0 Å². The van der Waals surface area contributed by atoms with Crippen molar-refractivity contribution in [2.45, 2.75) is 25.8 Å². The molecule has 0 aromatic heterocycles. The Morgan fingerprint density at radius 3 is 2.61 bits per heavy atom. The second kappa shape index (κ2) is 6.21. The lowest BCUT2D eigenvalue weighted by Gasteiger charge is -2.31. The van der Waals surface area contributed by atoms with Crippen molar-refractivity contribution in [1.82, 2.24) is 10.6 Å². The molecule has 3 unspecified atom stereocenters. The van der Waals surface area contributed by atoms with Gasteiger partial charge >= 0.3 is 0 Å². The quantitative estimate of drug-likeness (QED) is 0.750. The number of amides is 1. The van der Waals surface area contributed by atoms with Crippen LogP contribution in [0.2, 0.25) is 0 Å². The fourth-order valence-electron chi connectivity index (χ4n) is 2.49. The highest BCUT2D eigenvalue weighted by atomic mass is 35.5. The normalized spacial score (nSPS) is 34.6. The summed E-state index contributed by atoms with van der Waals surface area (Å²) in [6.07, 6.45) is 1.52. The molecule has 2 aliphatic heterocycles. The van der Waals surface area contributed by atoms with Gasteiger partial charge in [0, 0.05) is 12.6 Å². The van der Waals surface area contributed by atoms with E-state index in [0.29, 0.717) is 12.3 Å². The summed E-state index contributed by atoms with van der Waals surface area (Å²) in [4.78, 5) is 11.9. The van der Waals surface area contributed by atoms with Crippen LogP contribution < -0.4 is 10.6 Å². The molecule has 5 nitrogen and oxygen atoms in total. The molecule has 18 heavy (non-hydrogen) atoms. The van der Waals surface area contributed by atoms with Gasteiger partial charge in [-0.15, -0.1) is 12.4 Å². The summed E-state index contributed by atoms with van der Waals surface area (Å²) >= 11 is 0. The van der Waals surface area contributed by atoms with Crippen molar-refractivity contribution >= 4 is 28.2 Å². The number of nitrogens with one attached hydrogen (secondary N) is 2. The van der Waals surface area contributed by atoms with E-state index >= 15 is 0 Å². The first-order valence-electron chi connectivity index (χ1n) is 6.19. The minimum absolute atomic E-state index is 0. The van der Waals surface area contributed by atoms with Crippen molar-refractivity contribution in [3.05, 3.63) is 0 Å². The Bertz CT molecular complexity index is 399. The molecular formula is C11H21ClN2O3S. The van der Waals surface area contributed by atoms with E-state index in [9.17, 15) is 13.2 Å². The Hall–Kier alpha value is -0.330. The summed E-state index contributed by atoms with van der Waals surface area (Å²) in [6, 6.07) is 0.138. The highest BCUT2D eigenvalue weighted by Crippen LogP contribution is 2.19. The molecular weight excluding hydrogens is 276 g/mol. The van der Waals surface area contributed by atoms with Gasteiger partial charge in [-0.05, 0) is 25.3 Å². The molecule has 0 saturated carbocycles. The summed E-state index contributed by atoms with van der Waals surface area (Å²) in [5.74, 6) is 0.204. The lowest BCUT2D eigenvalue weighted by Crippen LogP contribution is -2.51. The summed E-state index contributed by atoms with van der Waals surface area (Å²) in [5.41, 5.74) is 0. The number of sulfone groups is 1. The average Bonchev–Trinajstić information content (AvgIpc) is 2.62. The second-order valence-electron chi connectivity index (χ2n) is 5.19. The maximum Gasteiger partial charge on any atom is 0.224 e. The number of hydrogen-bond acceptors (Lipinski definition) is 4. The van der Waals surface area contributed by atoms with Gasteiger partial charge in [0.1, 0.15) is 0 Å². The van der Waals surface area contributed by atoms with Crippen molar-refractivity contribution in [3.63, 3.8) is 0 Å². The van der Waals surface area contributed by atoms with Gasteiger partial charge in [-0.3, -0.25) is 4.79 Å². The van der Waals surface area contributed by atoms with Crippen LogP contribution in [0, 0.1) is 11.8 Å². The van der Waals surface area contributed by atoms with Gasteiger partial charge in [-0.25, -0.2) is 8.42 Å². The number of carbonyl (C=O) groups is 1. The van der Waals surface area contributed by atoms with E-state index in [-0.39, 0.29) is 41.8 Å². The van der Waals surface area contributed by atoms with Crippen LogP contribution in [0.5, 0.6) is 0 Å². The highest BCUT2D eigenvalue weighted by Gasteiger charge is 2.34. The molecule has 2 heterocycles. The minimum Gasteiger partial charge on any atom is -0.352 e. The molecule has 0 aliphatic carbocycles. The molecule has 0 aromatic carbocycles. The zero-order chi connectivity index (χ0) is 12.5. The van der Waals surface area contributed by atoms with Crippen LogP contribution in [0.4, 0.5) is 0 Å². The largest absolute Gasteiger partial charge is 0.352 e. The summed E-state index contributed by atoms with van der Waals surface area (Å²) in [7, 11) is -2.97. The fourth-order valence-corrected chi connectivity index (χ4v) is 4.23. The average molecular weight is 297 g/mol. The maximum atomic E-state index is 11.9. The zero-order valence-electron chi connectivity index (χ0n) is 10.5. The van der Waals surface area contributed by atoms with E-state index < -0.39 is 9.84 Å². The van der Waals surface area contributed by atoms with Crippen LogP contribution in [0.15, 0.2) is 0 Å². The van der Waals surface area contributed by atoms with Gasteiger partial charge in [0.05, 0.1) is 17.4 Å². The molecule has 2 rings (SSSR count). The summed E-state index contributed by atoms with van der Waals surface area (Å²) < 4.78 is 22.6. The van der Waals surface area contributed by atoms with Gasteiger partial charge < -0.3 is 10.6 Å². The van der Waals surface area contributed by atoms with Crippen molar-refractivity contribution < 1.29 is 13.2 Å². The number of piperidine rings is 1. The Balaban J connectivity index is 0.00000162. The molecule has 2 fully saturated rings. The van der Waals surface area contributed by atoms with Crippen molar-refractivity contribution in [2.75, 3.05) is 24.6 Å². The summed E-state index contributed by atoms with van der Waals surface area (Å²) in [6.45, 7) is 3.90. The molecule has 2 N–H and O–H groups in total. The number of hydrogen-bond donors (Lipinski definition) is 2. The van der Waals surface area contributed by atoms with Gasteiger partial charge in [0.15, 0.2) is 9.84 Å². The number of halogens is 1. The molecule has 106 valence electrons. The molecule has 1 amide bonds.